The molecule has 0 atom stereocenters. The molecule has 0 unspecified atom stereocenters. The molecule has 0 aliphatic carbocycles. The Kier molecular flexibility index (Phi) is 2.14. The Morgan fingerprint density at radius 3 is 2.40 bits per heavy atom. The quantitative estimate of drug-likeness (QED) is 0.777. The standard InChI is InChI=1S/C11H15N3O/c1-5(2)10-8-6(3)13-14-11(12)9(8)7(4)15-10/h5H,1-4H3,(H2,12,14). The molecule has 0 saturated heterocycles. The molecule has 0 bridgehead atoms. The lowest BCUT2D eigenvalue weighted by Crippen LogP contribution is -1.97. The van der Waals surface area contributed by atoms with Gasteiger partial charge in [0.1, 0.15) is 11.5 Å². The topological polar surface area (TPSA) is 64.9 Å². The zero-order valence-corrected chi connectivity index (χ0v) is 9.46. The van der Waals surface area contributed by atoms with Crippen LogP contribution in [0.2, 0.25) is 0 Å². The van der Waals surface area contributed by atoms with Gasteiger partial charge in [-0.2, -0.15) is 5.10 Å². The van der Waals surface area contributed by atoms with Gasteiger partial charge in [-0.15, -0.1) is 5.10 Å². The fraction of sp³-hybridized carbons (Fsp3) is 0.455. The van der Waals surface area contributed by atoms with Crippen LogP contribution in [-0.2, 0) is 0 Å². The second kappa shape index (κ2) is 3.22. The molecule has 0 aliphatic rings. The van der Waals surface area contributed by atoms with E-state index in [1.54, 1.807) is 0 Å². The van der Waals surface area contributed by atoms with Crippen molar-refractivity contribution >= 4 is 16.6 Å². The highest BCUT2D eigenvalue weighted by molar-refractivity contribution is 5.95. The van der Waals surface area contributed by atoms with Gasteiger partial charge in [0, 0.05) is 5.92 Å². The van der Waals surface area contributed by atoms with Crippen LogP contribution < -0.4 is 5.73 Å². The minimum atomic E-state index is 0.323. The van der Waals surface area contributed by atoms with Crippen LogP contribution in [0.4, 0.5) is 5.82 Å². The van der Waals surface area contributed by atoms with E-state index in [9.17, 15) is 0 Å². The van der Waals surface area contributed by atoms with E-state index < -0.39 is 0 Å². The van der Waals surface area contributed by atoms with Crippen LogP contribution in [0.1, 0.15) is 37.0 Å². The van der Waals surface area contributed by atoms with E-state index >= 15 is 0 Å². The SMILES string of the molecule is Cc1nnc(N)c2c(C)oc(C(C)C)c12. The molecule has 2 aromatic rings. The van der Waals surface area contributed by atoms with Crippen LogP contribution in [-0.4, -0.2) is 10.2 Å². The predicted octanol–water partition coefficient (Wildman–Crippen LogP) is 2.55. The largest absolute Gasteiger partial charge is 0.465 e. The first-order valence-corrected chi connectivity index (χ1v) is 5.04. The van der Waals surface area contributed by atoms with Gasteiger partial charge in [-0.25, -0.2) is 0 Å². The lowest BCUT2D eigenvalue weighted by molar-refractivity contribution is 0.469. The highest BCUT2D eigenvalue weighted by Crippen LogP contribution is 2.34. The highest BCUT2D eigenvalue weighted by atomic mass is 16.3. The van der Waals surface area contributed by atoms with Gasteiger partial charge in [0.15, 0.2) is 5.82 Å². The van der Waals surface area contributed by atoms with E-state index in [1.807, 2.05) is 13.8 Å². The van der Waals surface area contributed by atoms with Crippen molar-refractivity contribution in [3.63, 3.8) is 0 Å². The summed E-state index contributed by atoms with van der Waals surface area (Å²) in [5.41, 5.74) is 6.68. The van der Waals surface area contributed by atoms with Crippen LogP contribution >= 0.6 is 0 Å². The summed E-state index contributed by atoms with van der Waals surface area (Å²) in [6.45, 7) is 8.02. The molecule has 2 N–H and O–H groups in total. The van der Waals surface area contributed by atoms with E-state index in [4.69, 9.17) is 10.2 Å². The van der Waals surface area contributed by atoms with Crippen molar-refractivity contribution in [2.75, 3.05) is 5.73 Å². The summed E-state index contributed by atoms with van der Waals surface area (Å²) in [5, 5.41) is 9.87. The number of nitrogens with zero attached hydrogens (tertiary/aromatic N) is 2. The van der Waals surface area contributed by atoms with E-state index in [2.05, 4.69) is 24.0 Å². The highest BCUT2D eigenvalue weighted by Gasteiger charge is 2.18. The number of aromatic nitrogens is 2. The van der Waals surface area contributed by atoms with Gasteiger partial charge < -0.3 is 10.2 Å². The van der Waals surface area contributed by atoms with Crippen molar-refractivity contribution in [1.29, 1.82) is 0 Å². The van der Waals surface area contributed by atoms with Crippen LogP contribution in [0.3, 0.4) is 0 Å². The molecular weight excluding hydrogens is 190 g/mol. The van der Waals surface area contributed by atoms with Gasteiger partial charge in [0.05, 0.1) is 16.5 Å². The molecule has 0 saturated carbocycles. The first-order chi connectivity index (χ1) is 7.02. The van der Waals surface area contributed by atoms with Gasteiger partial charge in [-0.3, -0.25) is 0 Å². The minimum absolute atomic E-state index is 0.323. The number of furan rings is 1. The zero-order chi connectivity index (χ0) is 11.2. The van der Waals surface area contributed by atoms with Crippen LogP contribution in [0.25, 0.3) is 10.8 Å². The van der Waals surface area contributed by atoms with Crippen molar-refractivity contribution in [2.24, 2.45) is 0 Å². The number of hydrogen-bond acceptors (Lipinski definition) is 4. The summed E-state index contributed by atoms with van der Waals surface area (Å²) in [5.74, 6) is 2.54. The van der Waals surface area contributed by atoms with Crippen LogP contribution in [0.5, 0.6) is 0 Å². The van der Waals surface area contributed by atoms with E-state index in [0.717, 1.165) is 28.0 Å². The molecule has 0 radical (unpaired) electrons. The molecule has 0 amide bonds. The number of hydrogen-bond donors (Lipinski definition) is 1. The van der Waals surface area contributed by atoms with Gasteiger partial charge in [0.25, 0.3) is 0 Å². The monoisotopic (exact) mass is 205 g/mol. The lowest BCUT2D eigenvalue weighted by Gasteiger charge is -2.02. The third-order valence-corrected chi connectivity index (χ3v) is 2.56. The first-order valence-electron chi connectivity index (χ1n) is 5.04. The van der Waals surface area contributed by atoms with Gasteiger partial charge >= 0.3 is 0 Å². The maximum absolute atomic E-state index is 5.81. The Balaban J connectivity index is 2.92. The molecule has 2 rings (SSSR count). The Morgan fingerprint density at radius 2 is 1.80 bits per heavy atom. The van der Waals surface area contributed by atoms with Crippen LogP contribution in [0.15, 0.2) is 4.42 Å². The maximum atomic E-state index is 5.81. The van der Waals surface area contributed by atoms with Gasteiger partial charge in [0.2, 0.25) is 0 Å². The molecule has 15 heavy (non-hydrogen) atoms. The normalized spacial score (nSPS) is 11.5. The van der Waals surface area contributed by atoms with E-state index in [1.165, 1.54) is 0 Å². The minimum Gasteiger partial charge on any atom is -0.465 e. The summed E-state index contributed by atoms with van der Waals surface area (Å²) in [4.78, 5) is 0. The summed E-state index contributed by atoms with van der Waals surface area (Å²) in [7, 11) is 0. The molecule has 4 heteroatoms. The van der Waals surface area contributed by atoms with Crippen molar-refractivity contribution < 1.29 is 4.42 Å². The number of aryl methyl sites for hydroxylation is 2. The Labute approximate surface area is 88.5 Å². The average molecular weight is 205 g/mol. The Hall–Kier alpha value is -1.58. The van der Waals surface area contributed by atoms with Gasteiger partial charge in [-0.05, 0) is 13.8 Å². The van der Waals surface area contributed by atoms with Gasteiger partial charge in [-0.1, -0.05) is 13.8 Å². The number of fused-ring (bicyclic) bond motifs is 1. The number of rotatable bonds is 1. The summed E-state index contributed by atoms with van der Waals surface area (Å²) in [6, 6.07) is 0. The molecule has 0 fully saturated rings. The molecule has 0 spiro atoms. The summed E-state index contributed by atoms with van der Waals surface area (Å²) in [6.07, 6.45) is 0. The smallest absolute Gasteiger partial charge is 0.157 e. The zero-order valence-electron chi connectivity index (χ0n) is 9.46. The molecule has 0 aliphatic heterocycles. The maximum Gasteiger partial charge on any atom is 0.157 e. The Morgan fingerprint density at radius 1 is 1.13 bits per heavy atom. The van der Waals surface area contributed by atoms with Crippen molar-refractivity contribution in [3.8, 4) is 0 Å². The third-order valence-electron chi connectivity index (χ3n) is 2.56. The summed E-state index contributed by atoms with van der Waals surface area (Å²) < 4.78 is 5.73. The van der Waals surface area contributed by atoms with Crippen molar-refractivity contribution in [1.82, 2.24) is 10.2 Å². The molecule has 2 heterocycles. The fourth-order valence-electron chi connectivity index (χ4n) is 1.87. The van der Waals surface area contributed by atoms with E-state index in [-0.39, 0.29) is 0 Å². The second-order valence-electron chi connectivity index (χ2n) is 4.10. The number of nitrogen functional groups attached to an aromatic ring is 1. The van der Waals surface area contributed by atoms with Crippen molar-refractivity contribution in [2.45, 2.75) is 33.6 Å². The molecule has 2 aromatic heterocycles. The molecule has 0 aromatic carbocycles. The third kappa shape index (κ3) is 1.37. The number of anilines is 1. The Bertz CT molecular complexity index is 514. The summed E-state index contributed by atoms with van der Waals surface area (Å²) >= 11 is 0. The lowest BCUT2D eigenvalue weighted by atomic mass is 10.1. The van der Waals surface area contributed by atoms with Crippen molar-refractivity contribution in [3.05, 3.63) is 17.2 Å². The first kappa shape index (κ1) is 9.96. The predicted molar refractivity (Wildman–Crippen MR) is 59.8 cm³/mol. The second-order valence-corrected chi connectivity index (χ2v) is 4.10. The van der Waals surface area contributed by atoms with Crippen LogP contribution in [0, 0.1) is 13.8 Å². The molecular formula is C11H15N3O. The molecule has 80 valence electrons. The van der Waals surface area contributed by atoms with E-state index in [0.29, 0.717) is 11.7 Å². The average Bonchev–Trinajstić information content (AvgIpc) is 2.51. The molecule has 4 nitrogen and oxygen atoms in total. The fourth-order valence-corrected chi connectivity index (χ4v) is 1.87. The number of nitrogens with two attached hydrogens (primary N) is 1.